The summed E-state index contributed by atoms with van der Waals surface area (Å²) in [7, 11) is 0. The summed E-state index contributed by atoms with van der Waals surface area (Å²) in [6, 6.07) is 7.53. The first-order valence-electron chi connectivity index (χ1n) is 6.98. The van der Waals surface area contributed by atoms with E-state index >= 15 is 0 Å². The summed E-state index contributed by atoms with van der Waals surface area (Å²) in [6.07, 6.45) is 2.19. The molecule has 0 heterocycles. The quantitative estimate of drug-likeness (QED) is 0.674. The Kier molecular flexibility index (Phi) is 7.66. The molecule has 19 heavy (non-hydrogen) atoms. The predicted octanol–water partition coefficient (Wildman–Crippen LogP) is 2.66. The number of benzene rings is 1. The largest absolute Gasteiger partial charge is 0.385 e. The van der Waals surface area contributed by atoms with Crippen LogP contribution in [0.4, 0.5) is 5.69 Å². The van der Waals surface area contributed by atoms with Gasteiger partial charge in [-0.05, 0) is 25.5 Å². The Morgan fingerprint density at radius 2 is 2.00 bits per heavy atom. The van der Waals surface area contributed by atoms with Gasteiger partial charge >= 0.3 is 0 Å². The SMILES string of the molecule is CCCCOCCNC(=O)c1ccccc1NCC. The molecule has 0 saturated carbocycles. The number of nitrogens with one attached hydrogen (secondary N) is 2. The van der Waals surface area contributed by atoms with E-state index in [9.17, 15) is 4.79 Å². The molecule has 4 nitrogen and oxygen atoms in total. The number of anilines is 1. The van der Waals surface area contributed by atoms with Gasteiger partial charge in [-0.1, -0.05) is 25.5 Å². The molecule has 106 valence electrons. The number of hydrogen-bond donors (Lipinski definition) is 2. The first kappa shape index (κ1) is 15.5. The van der Waals surface area contributed by atoms with Gasteiger partial charge in [0.25, 0.3) is 5.91 Å². The van der Waals surface area contributed by atoms with Crippen LogP contribution in [0, 0.1) is 0 Å². The fraction of sp³-hybridized carbons (Fsp3) is 0.533. The zero-order valence-electron chi connectivity index (χ0n) is 11.9. The Morgan fingerprint density at radius 3 is 2.74 bits per heavy atom. The van der Waals surface area contributed by atoms with Gasteiger partial charge in [0.05, 0.1) is 12.2 Å². The molecule has 0 saturated heterocycles. The lowest BCUT2D eigenvalue weighted by Crippen LogP contribution is -2.28. The van der Waals surface area contributed by atoms with E-state index in [0.29, 0.717) is 18.7 Å². The highest BCUT2D eigenvalue weighted by molar-refractivity contribution is 5.99. The molecule has 0 unspecified atom stereocenters. The smallest absolute Gasteiger partial charge is 0.253 e. The molecular weight excluding hydrogens is 240 g/mol. The van der Waals surface area contributed by atoms with Crippen molar-refractivity contribution in [2.45, 2.75) is 26.7 Å². The molecular formula is C15H24N2O2. The molecule has 0 fully saturated rings. The first-order chi connectivity index (χ1) is 9.29. The lowest BCUT2D eigenvalue weighted by Gasteiger charge is -2.11. The van der Waals surface area contributed by atoms with Crippen molar-refractivity contribution < 1.29 is 9.53 Å². The van der Waals surface area contributed by atoms with E-state index in [1.807, 2.05) is 31.2 Å². The van der Waals surface area contributed by atoms with Crippen molar-refractivity contribution in [1.29, 1.82) is 0 Å². The monoisotopic (exact) mass is 264 g/mol. The van der Waals surface area contributed by atoms with E-state index in [1.54, 1.807) is 0 Å². The van der Waals surface area contributed by atoms with Crippen molar-refractivity contribution in [2.24, 2.45) is 0 Å². The van der Waals surface area contributed by atoms with Crippen LogP contribution in [0.3, 0.4) is 0 Å². The van der Waals surface area contributed by atoms with Crippen LogP contribution in [0.25, 0.3) is 0 Å². The van der Waals surface area contributed by atoms with Gasteiger partial charge in [0.1, 0.15) is 0 Å². The number of unbranched alkanes of at least 4 members (excludes halogenated alkanes) is 1. The van der Waals surface area contributed by atoms with Crippen LogP contribution < -0.4 is 10.6 Å². The maximum Gasteiger partial charge on any atom is 0.253 e. The number of hydrogen-bond acceptors (Lipinski definition) is 3. The molecule has 0 radical (unpaired) electrons. The summed E-state index contributed by atoms with van der Waals surface area (Å²) in [4.78, 5) is 12.0. The zero-order chi connectivity index (χ0) is 13.9. The van der Waals surface area contributed by atoms with Crippen molar-refractivity contribution in [3.05, 3.63) is 29.8 Å². The summed E-state index contributed by atoms with van der Waals surface area (Å²) in [6.45, 7) is 6.81. The van der Waals surface area contributed by atoms with E-state index in [4.69, 9.17) is 4.74 Å². The van der Waals surface area contributed by atoms with Gasteiger partial charge in [0.2, 0.25) is 0 Å². The Bertz CT molecular complexity index is 380. The second-order valence-corrected chi connectivity index (χ2v) is 4.30. The molecule has 0 aromatic heterocycles. The van der Waals surface area contributed by atoms with Gasteiger partial charge in [-0.15, -0.1) is 0 Å². The summed E-state index contributed by atoms with van der Waals surface area (Å²) < 4.78 is 5.41. The average molecular weight is 264 g/mol. The summed E-state index contributed by atoms with van der Waals surface area (Å²) >= 11 is 0. The number of carbonyl (C=O) groups excluding carboxylic acids is 1. The van der Waals surface area contributed by atoms with Gasteiger partial charge in [-0.3, -0.25) is 4.79 Å². The molecule has 0 aliphatic carbocycles. The third kappa shape index (κ3) is 5.75. The topological polar surface area (TPSA) is 50.4 Å². The van der Waals surface area contributed by atoms with Crippen LogP contribution in [-0.4, -0.2) is 32.2 Å². The van der Waals surface area contributed by atoms with Crippen LogP contribution in [0.1, 0.15) is 37.0 Å². The number of rotatable bonds is 9. The molecule has 0 spiro atoms. The second-order valence-electron chi connectivity index (χ2n) is 4.30. The Balaban J connectivity index is 2.36. The van der Waals surface area contributed by atoms with Gasteiger partial charge in [-0.2, -0.15) is 0 Å². The normalized spacial score (nSPS) is 10.2. The van der Waals surface area contributed by atoms with E-state index < -0.39 is 0 Å². The Labute approximate surface area is 115 Å². The maximum absolute atomic E-state index is 12.0. The highest BCUT2D eigenvalue weighted by atomic mass is 16.5. The molecule has 1 amide bonds. The zero-order valence-corrected chi connectivity index (χ0v) is 11.9. The summed E-state index contributed by atoms with van der Waals surface area (Å²) in [5, 5.41) is 6.05. The fourth-order valence-corrected chi connectivity index (χ4v) is 1.71. The third-order valence-electron chi connectivity index (χ3n) is 2.71. The molecule has 0 aliphatic rings. The first-order valence-corrected chi connectivity index (χ1v) is 6.98. The van der Waals surface area contributed by atoms with Crippen LogP contribution in [0.15, 0.2) is 24.3 Å². The number of carbonyl (C=O) groups is 1. The van der Waals surface area contributed by atoms with E-state index in [-0.39, 0.29) is 5.91 Å². The van der Waals surface area contributed by atoms with Crippen LogP contribution >= 0.6 is 0 Å². The van der Waals surface area contributed by atoms with Gasteiger partial charge in [-0.25, -0.2) is 0 Å². The van der Waals surface area contributed by atoms with E-state index in [1.165, 1.54) is 0 Å². The van der Waals surface area contributed by atoms with Crippen molar-refractivity contribution in [3.8, 4) is 0 Å². The number of para-hydroxylation sites is 1. The Hall–Kier alpha value is -1.55. The minimum Gasteiger partial charge on any atom is -0.385 e. The predicted molar refractivity (Wildman–Crippen MR) is 78.7 cm³/mol. The highest BCUT2D eigenvalue weighted by Crippen LogP contribution is 2.14. The molecule has 1 aromatic carbocycles. The number of ether oxygens (including phenoxy) is 1. The number of amides is 1. The minimum absolute atomic E-state index is 0.0596. The van der Waals surface area contributed by atoms with Crippen molar-refractivity contribution >= 4 is 11.6 Å². The molecule has 0 aliphatic heterocycles. The summed E-state index contributed by atoms with van der Waals surface area (Å²) in [5.41, 5.74) is 1.55. The van der Waals surface area contributed by atoms with Crippen molar-refractivity contribution in [2.75, 3.05) is 31.6 Å². The van der Waals surface area contributed by atoms with Crippen LogP contribution in [-0.2, 0) is 4.74 Å². The van der Waals surface area contributed by atoms with E-state index in [2.05, 4.69) is 17.6 Å². The van der Waals surface area contributed by atoms with Gasteiger partial charge in [0, 0.05) is 25.4 Å². The molecule has 1 aromatic rings. The van der Waals surface area contributed by atoms with E-state index in [0.717, 1.165) is 31.7 Å². The van der Waals surface area contributed by atoms with Gasteiger partial charge < -0.3 is 15.4 Å². The lowest BCUT2D eigenvalue weighted by molar-refractivity contribution is 0.0913. The Morgan fingerprint density at radius 1 is 1.21 bits per heavy atom. The average Bonchev–Trinajstić information content (AvgIpc) is 2.43. The second kappa shape index (κ2) is 9.39. The fourth-order valence-electron chi connectivity index (χ4n) is 1.71. The minimum atomic E-state index is -0.0596. The molecule has 0 bridgehead atoms. The van der Waals surface area contributed by atoms with Crippen LogP contribution in [0.2, 0.25) is 0 Å². The van der Waals surface area contributed by atoms with Crippen LogP contribution in [0.5, 0.6) is 0 Å². The van der Waals surface area contributed by atoms with Gasteiger partial charge in [0.15, 0.2) is 0 Å². The molecule has 2 N–H and O–H groups in total. The van der Waals surface area contributed by atoms with Crippen molar-refractivity contribution in [1.82, 2.24) is 5.32 Å². The molecule has 0 atom stereocenters. The standard InChI is InChI=1S/C15H24N2O2/c1-3-5-11-19-12-10-17-15(18)13-8-6-7-9-14(13)16-4-2/h6-9,16H,3-5,10-12H2,1-2H3,(H,17,18). The third-order valence-corrected chi connectivity index (χ3v) is 2.71. The maximum atomic E-state index is 12.0. The lowest BCUT2D eigenvalue weighted by atomic mass is 10.1. The molecule has 1 rings (SSSR count). The summed E-state index contributed by atoms with van der Waals surface area (Å²) in [5.74, 6) is -0.0596. The molecule has 4 heteroatoms. The van der Waals surface area contributed by atoms with Crippen molar-refractivity contribution in [3.63, 3.8) is 0 Å². The highest BCUT2D eigenvalue weighted by Gasteiger charge is 2.09.